The van der Waals surface area contributed by atoms with E-state index in [0.29, 0.717) is 31.6 Å². The largest absolute Gasteiger partial charge is 0.464 e. The Kier molecular flexibility index (Phi) is 5.26. The van der Waals surface area contributed by atoms with Crippen LogP contribution in [0.1, 0.15) is 28.8 Å². The summed E-state index contributed by atoms with van der Waals surface area (Å²) < 4.78 is 5.41. The minimum absolute atomic E-state index is 0.0990. The molecule has 0 bridgehead atoms. The summed E-state index contributed by atoms with van der Waals surface area (Å²) in [6.07, 6.45) is 2.19. The molecular formula is C20H21NO3. The Bertz CT molecular complexity index is 685. The topological polar surface area (TPSA) is 46.6 Å². The van der Waals surface area contributed by atoms with Gasteiger partial charge in [-0.2, -0.15) is 0 Å². The van der Waals surface area contributed by atoms with Gasteiger partial charge in [-0.25, -0.2) is 4.79 Å². The van der Waals surface area contributed by atoms with E-state index in [1.807, 2.05) is 48.5 Å². The van der Waals surface area contributed by atoms with E-state index in [2.05, 4.69) is 0 Å². The Morgan fingerprint density at radius 1 is 1.00 bits per heavy atom. The van der Waals surface area contributed by atoms with Gasteiger partial charge in [0.25, 0.3) is 5.91 Å². The first kappa shape index (κ1) is 16.2. The average Bonchev–Trinajstić information content (AvgIpc) is 3.12. The standard InChI is InChI=1S/C20H21NO3/c22-19(17-10-5-2-6-11-17)21-14-7-12-18(21)20(23)24-15-13-16-8-3-1-4-9-16/h1-6,8-11,18H,7,12-15H2. The van der Waals surface area contributed by atoms with Crippen LogP contribution in [0.15, 0.2) is 60.7 Å². The van der Waals surface area contributed by atoms with Gasteiger partial charge in [-0.05, 0) is 30.5 Å². The van der Waals surface area contributed by atoms with Crippen LogP contribution in [0.25, 0.3) is 0 Å². The van der Waals surface area contributed by atoms with Gasteiger partial charge < -0.3 is 9.64 Å². The van der Waals surface area contributed by atoms with E-state index in [9.17, 15) is 9.59 Å². The molecular weight excluding hydrogens is 302 g/mol. The number of esters is 1. The number of likely N-dealkylation sites (tertiary alicyclic amines) is 1. The highest BCUT2D eigenvalue weighted by molar-refractivity contribution is 5.97. The molecule has 1 amide bonds. The zero-order chi connectivity index (χ0) is 16.8. The highest BCUT2D eigenvalue weighted by Crippen LogP contribution is 2.21. The first-order valence-corrected chi connectivity index (χ1v) is 8.32. The van der Waals surface area contributed by atoms with E-state index in [1.54, 1.807) is 17.0 Å². The molecule has 24 heavy (non-hydrogen) atoms. The zero-order valence-corrected chi connectivity index (χ0v) is 13.6. The van der Waals surface area contributed by atoms with Crippen molar-refractivity contribution in [1.82, 2.24) is 4.90 Å². The first-order valence-electron chi connectivity index (χ1n) is 8.32. The normalized spacial score (nSPS) is 16.8. The van der Waals surface area contributed by atoms with Crippen molar-refractivity contribution in [2.24, 2.45) is 0 Å². The molecule has 4 nitrogen and oxygen atoms in total. The number of nitrogens with zero attached hydrogens (tertiary/aromatic N) is 1. The van der Waals surface area contributed by atoms with E-state index in [1.165, 1.54) is 0 Å². The van der Waals surface area contributed by atoms with Crippen LogP contribution >= 0.6 is 0 Å². The SMILES string of the molecule is O=C(OCCc1ccccc1)C1CCCN1C(=O)c1ccccc1. The number of carbonyl (C=O) groups excluding carboxylic acids is 2. The number of hydrogen-bond acceptors (Lipinski definition) is 3. The predicted octanol–water partition coefficient (Wildman–Crippen LogP) is 3.08. The lowest BCUT2D eigenvalue weighted by Gasteiger charge is -2.23. The lowest BCUT2D eigenvalue weighted by atomic mass is 10.1. The van der Waals surface area contributed by atoms with Gasteiger partial charge >= 0.3 is 5.97 Å². The number of ether oxygens (including phenoxy) is 1. The molecule has 3 rings (SSSR count). The Labute approximate surface area is 142 Å². The van der Waals surface area contributed by atoms with E-state index in [-0.39, 0.29) is 11.9 Å². The zero-order valence-electron chi connectivity index (χ0n) is 13.6. The molecule has 4 heteroatoms. The average molecular weight is 323 g/mol. The number of rotatable bonds is 5. The number of amides is 1. The highest BCUT2D eigenvalue weighted by atomic mass is 16.5. The van der Waals surface area contributed by atoms with Crippen LogP contribution in [0.2, 0.25) is 0 Å². The minimum atomic E-state index is -0.464. The van der Waals surface area contributed by atoms with Crippen molar-refractivity contribution in [3.8, 4) is 0 Å². The van der Waals surface area contributed by atoms with E-state index < -0.39 is 6.04 Å². The van der Waals surface area contributed by atoms with Gasteiger partial charge in [-0.15, -0.1) is 0 Å². The lowest BCUT2D eigenvalue weighted by Crippen LogP contribution is -2.41. The Morgan fingerprint density at radius 2 is 1.67 bits per heavy atom. The molecule has 0 aromatic heterocycles. The van der Waals surface area contributed by atoms with E-state index in [4.69, 9.17) is 4.74 Å². The summed E-state index contributed by atoms with van der Waals surface area (Å²) in [4.78, 5) is 26.6. The smallest absolute Gasteiger partial charge is 0.328 e. The van der Waals surface area contributed by atoms with Gasteiger partial charge in [0, 0.05) is 18.5 Å². The highest BCUT2D eigenvalue weighted by Gasteiger charge is 2.35. The van der Waals surface area contributed by atoms with E-state index in [0.717, 1.165) is 12.0 Å². The number of carbonyl (C=O) groups is 2. The first-order chi connectivity index (χ1) is 11.8. The molecule has 0 aliphatic carbocycles. The molecule has 1 heterocycles. The van der Waals surface area contributed by atoms with Crippen molar-refractivity contribution < 1.29 is 14.3 Å². The summed E-state index contributed by atoms with van der Waals surface area (Å²) in [5, 5.41) is 0. The molecule has 124 valence electrons. The van der Waals surface area contributed by atoms with Crippen molar-refractivity contribution >= 4 is 11.9 Å². The molecule has 1 fully saturated rings. The van der Waals surface area contributed by atoms with Crippen LogP contribution in [-0.2, 0) is 16.0 Å². The molecule has 1 aliphatic rings. The minimum Gasteiger partial charge on any atom is -0.464 e. The molecule has 0 spiro atoms. The van der Waals surface area contributed by atoms with Crippen molar-refractivity contribution in [2.75, 3.05) is 13.2 Å². The molecule has 1 aliphatic heterocycles. The molecule has 1 unspecified atom stereocenters. The monoisotopic (exact) mass is 323 g/mol. The second kappa shape index (κ2) is 7.77. The molecule has 0 radical (unpaired) electrons. The molecule has 0 saturated carbocycles. The summed E-state index contributed by atoms with van der Waals surface area (Å²) in [5.74, 6) is -0.397. The van der Waals surface area contributed by atoms with Crippen LogP contribution < -0.4 is 0 Å². The van der Waals surface area contributed by atoms with Crippen LogP contribution in [-0.4, -0.2) is 36.0 Å². The van der Waals surface area contributed by atoms with Crippen LogP contribution in [0.5, 0.6) is 0 Å². The maximum absolute atomic E-state index is 12.6. The van der Waals surface area contributed by atoms with Gasteiger partial charge in [0.1, 0.15) is 6.04 Å². The van der Waals surface area contributed by atoms with Gasteiger partial charge in [0.2, 0.25) is 0 Å². The Balaban J connectivity index is 1.56. The van der Waals surface area contributed by atoms with Gasteiger partial charge in [-0.3, -0.25) is 4.79 Å². The predicted molar refractivity (Wildman–Crippen MR) is 91.6 cm³/mol. The van der Waals surface area contributed by atoms with Gasteiger partial charge in [-0.1, -0.05) is 48.5 Å². The van der Waals surface area contributed by atoms with Crippen LogP contribution in [0.4, 0.5) is 0 Å². The van der Waals surface area contributed by atoms with Crippen LogP contribution in [0.3, 0.4) is 0 Å². The summed E-state index contributed by atoms with van der Waals surface area (Å²) in [7, 11) is 0. The van der Waals surface area contributed by atoms with E-state index >= 15 is 0 Å². The second-order valence-corrected chi connectivity index (χ2v) is 5.93. The second-order valence-electron chi connectivity index (χ2n) is 5.93. The third kappa shape index (κ3) is 3.82. The van der Waals surface area contributed by atoms with Crippen molar-refractivity contribution in [2.45, 2.75) is 25.3 Å². The molecule has 2 aromatic rings. The number of benzene rings is 2. The van der Waals surface area contributed by atoms with Gasteiger partial charge in [0.15, 0.2) is 0 Å². The van der Waals surface area contributed by atoms with Crippen molar-refractivity contribution in [3.05, 3.63) is 71.8 Å². The summed E-state index contributed by atoms with van der Waals surface area (Å²) >= 11 is 0. The molecule has 1 saturated heterocycles. The van der Waals surface area contributed by atoms with Crippen molar-refractivity contribution in [3.63, 3.8) is 0 Å². The van der Waals surface area contributed by atoms with Crippen LogP contribution in [0, 0.1) is 0 Å². The molecule has 1 atom stereocenters. The Hall–Kier alpha value is -2.62. The number of hydrogen-bond donors (Lipinski definition) is 0. The quantitative estimate of drug-likeness (QED) is 0.795. The Morgan fingerprint density at radius 3 is 2.38 bits per heavy atom. The molecule has 2 aromatic carbocycles. The fourth-order valence-electron chi connectivity index (χ4n) is 3.01. The fourth-order valence-corrected chi connectivity index (χ4v) is 3.01. The summed E-state index contributed by atoms with van der Waals surface area (Å²) in [5.41, 5.74) is 1.75. The third-order valence-corrected chi connectivity index (χ3v) is 4.28. The summed E-state index contributed by atoms with van der Waals surface area (Å²) in [6.45, 7) is 0.943. The lowest BCUT2D eigenvalue weighted by molar-refractivity contribution is -0.148. The maximum atomic E-state index is 12.6. The fraction of sp³-hybridized carbons (Fsp3) is 0.300. The third-order valence-electron chi connectivity index (χ3n) is 4.28. The maximum Gasteiger partial charge on any atom is 0.328 e. The van der Waals surface area contributed by atoms with Gasteiger partial charge in [0.05, 0.1) is 6.61 Å². The molecule has 0 N–H and O–H groups in total. The summed E-state index contributed by atoms with van der Waals surface area (Å²) in [6, 6.07) is 18.5. The van der Waals surface area contributed by atoms with Crippen molar-refractivity contribution in [1.29, 1.82) is 0 Å².